The van der Waals surface area contributed by atoms with Crippen LogP contribution in [0.4, 0.5) is 0 Å². The van der Waals surface area contributed by atoms with E-state index in [-0.39, 0.29) is 0 Å². The molecule has 1 saturated heterocycles. The maximum atomic E-state index is 3.75. The molecular weight excluding hydrogens is 216 g/mol. The zero-order valence-electron chi connectivity index (χ0n) is 10.4. The highest BCUT2D eigenvalue weighted by atomic mass is 32.1. The number of piperidine rings is 1. The lowest BCUT2D eigenvalue weighted by molar-refractivity contribution is 0.163. The lowest BCUT2D eigenvalue weighted by Gasteiger charge is -2.36. The van der Waals surface area contributed by atoms with Gasteiger partial charge in [-0.05, 0) is 62.7 Å². The molecule has 0 radical (unpaired) electrons. The summed E-state index contributed by atoms with van der Waals surface area (Å²) >= 11 is 1.78. The van der Waals surface area contributed by atoms with Crippen molar-refractivity contribution in [2.24, 2.45) is 0 Å². The van der Waals surface area contributed by atoms with Crippen LogP contribution in [0, 0.1) is 0 Å². The average Bonchev–Trinajstić information content (AvgIpc) is 2.77. The van der Waals surface area contributed by atoms with Gasteiger partial charge in [-0.15, -0.1) is 0 Å². The Morgan fingerprint density at radius 2 is 2.38 bits per heavy atom. The smallest absolute Gasteiger partial charge is 0.0302 e. The van der Waals surface area contributed by atoms with Crippen molar-refractivity contribution in [1.82, 2.24) is 10.2 Å². The van der Waals surface area contributed by atoms with Gasteiger partial charge in [0.25, 0.3) is 0 Å². The van der Waals surface area contributed by atoms with Crippen LogP contribution in [0.3, 0.4) is 0 Å². The summed E-state index contributed by atoms with van der Waals surface area (Å²) in [4.78, 5) is 2.45. The van der Waals surface area contributed by atoms with Gasteiger partial charge in [0.2, 0.25) is 0 Å². The molecular formula is C13H22N2S. The molecule has 0 amide bonds. The van der Waals surface area contributed by atoms with Crippen molar-refractivity contribution in [3.8, 4) is 0 Å². The van der Waals surface area contributed by atoms with Gasteiger partial charge in [0.05, 0.1) is 0 Å². The zero-order valence-corrected chi connectivity index (χ0v) is 11.3. The summed E-state index contributed by atoms with van der Waals surface area (Å²) in [6.07, 6.45) is 2.54. The molecule has 90 valence electrons. The minimum absolute atomic E-state index is 0.492. The number of nitrogens with one attached hydrogen (secondary N) is 1. The topological polar surface area (TPSA) is 15.3 Å². The summed E-state index contributed by atoms with van der Waals surface area (Å²) in [5, 5.41) is 8.16. The van der Waals surface area contributed by atoms with E-state index >= 15 is 0 Å². The molecule has 1 N–H and O–H groups in total. The van der Waals surface area contributed by atoms with Crippen molar-refractivity contribution in [3.05, 3.63) is 22.4 Å². The lowest BCUT2D eigenvalue weighted by Crippen LogP contribution is -2.46. The fraction of sp³-hybridized carbons (Fsp3) is 0.692. The summed E-state index contributed by atoms with van der Waals surface area (Å²) in [6, 6.07) is 4.11. The Balaban J connectivity index is 1.86. The Hall–Kier alpha value is -0.380. The molecule has 1 aromatic rings. The molecule has 0 bridgehead atoms. The fourth-order valence-corrected chi connectivity index (χ4v) is 3.17. The van der Waals surface area contributed by atoms with Gasteiger partial charge in [-0.25, -0.2) is 0 Å². The van der Waals surface area contributed by atoms with Crippen LogP contribution in [0.1, 0.15) is 38.3 Å². The minimum Gasteiger partial charge on any atom is -0.307 e. The normalized spacial score (nSPS) is 29.2. The molecule has 0 aliphatic carbocycles. The Morgan fingerprint density at radius 1 is 1.56 bits per heavy atom. The zero-order chi connectivity index (χ0) is 11.5. The SMILES string of the molecule is CC(NC1CCN(C)C(C)C1)c1ccsc1. The summed E-state index contributed by atoms with van der Waals surface area (Å²) in [7, 11) is 2.23. The van der Waals surface area contributed by atoms with E-state index in [9.17, 15) is 0 Å². The van der Waals surface area contributed by atoms with Crippen LogP contribution in [0.5, 0.6) is 0 Å². The average molecular weight is 238 g/mol. The Bertz CT molecular complexity index is 310. The maximum absolute atomic E-state index is 3.75. The Morgan fingerprint density at radius 3 is 3.00 bits per heavy atom. The van der Waals surface area contributed by atoms with Gasteiger partial charge in [-0.1, -0.05) is 0 Å². The van der Waals surface area contributed by atoms with Gasteiger partial charge in [-0.2, -0.15) is 11.3 Å². The second kappa shape index (κ2) is 5.30. The summed E-state index contributed by atoms with van der Waals surface area (Å²) < 4.78 is 0. The van der Waals surface area contributed by atoms with Crippen molar-refractivity contribution < 1.29 is 0 Å². The third-order valence-electron chi connectivity index (χ3n) is 3.74. The monoisotopic (exact) mass is 238 g/mol. The summed E-state index contributed by atoms with van der Waals surface area (Å²) in [5.41, 5.74) is 1.43. The Labute approximate surface area is 103 Å². The number of rotatable bonds is 3. The van der Waals surface area contributed by atoms with Crippen LogP contribution < -0.4 is 5.32 Å². The first kappa shape index (κ1) is 12.1. The number of likely N-dealkylation sites (tertiary alicyclic amines) is 1. The molecule has 0 saturated carbocycles. The van der Waals surface area contributed by atoms with Crippen LogP contribution in [0.25, 0.3) is 0 Å². The first-order valence-electron chi connectivity index (χ1n) is 6.15. The van der Waals surface area contributed by atoms with Crippen molar-refractivity contribution in [2.75, 3.05) is 13.6 Å². The molecule has 0 aromatic carbocycles. The van der Waals surface area contributed by atoms with Gasteiger partial charge < -0.3 is 10.2 Å². The standard InChI is InChI=1S/C13H22N2S/c1-10-8-13(4-6-15(10)3)14-11(2)12-5-7-16-9-12/h5,7,9-11,13-14H,4,6,8H2,1-3H3. The highest BCUT2D eigenvalue weighted by Crippen LogP contribution is 2.21. The van der Waals surface area contributed by atoms with Crippen molar-refractivity contribution in [2.45, 2.75) is 44.8 Å². The Kier molecular flexibility index (Phi) is 4.00. The molecule has 3 heteroatoms. The van der Waals surface area contributed by atoms with Crippen LogP contribution in [-0.4, -0.2) is 30.6 Å². The molecule has 1 aliphatic heterocycles. The molecule has 1 aliphatic rings. The maximum Gasteiger partial charge on any atom is 0.0302 e. The molecule has 3 atom stereocenters. The third-order valence-corrected chi connectivity index (χ3v) is 4.44. The summed E-state index contributed by atoms with van der Waals surface area (Å²) in [6.45, 7) is 5.81. The number of nitrogens with zero attached hydrogens (tertiary/aromatic N) is 1. The molecule has 2 heterocycles. The number of hydrogen-bond acceptors (Lipinski definition) is 3. The first-order valence-corrected chi connectivity index (χ1v) is 7.09. The molecule has 16 heavy (non-hydrogen) atoms. The van der Waals surface area contributed by atoms with Crippen molar-refractivity contribution in [1.29, 1.82) is 0 Å². The van der Waals surface area contributed by atoms with Crippen molar-refractivity contribution in [3.63, 3.8) is 0 Å². The van der Waals surface area contributed by atoms with Gasteiger partial charge in [0.1, 0.15) is 0 Å². The first-order chi connectivity index (χ1) is 7.66. The predicted octanol–water partition coefficient (Wildman–Crippen LogP) is 2.88. The second-order valence-electron chi connectivity index (χ2n) is 5.00. The molecule has 3 unspecified atom stereocenters. The third kappa shape index (κ3) is 2.84. The lowest BCUT2D eigenvalue weighted by atomic mass is 9.97. The minimum atomic E-state index is 0.492. The summed E-state index contributed by atoms with van der Waals surface area (Å²) in [5.74, 6) is 0. The van der Waals surface area contributed by atoms with E-state index in [0.717, 1.165) is 0 Å². The van der Waals surface area contributed by atoms with Gasteiger partial charge >= 0.3 is 0 Å². The molecule has 0 spiro atoms. The van der Waals surface area contributed by atoms with E-state index in [0.29, 0.717) is 18.1 Å². The molecule has 1 aromatic heterocycles. The predicted molar refractivity (Wildman–Crippen MR) is 71.0 cm³/mol. The van der Waals surface area contributed by atoms with E-state index < -0.39 is 0 Å². The highest BCUT2D eigenvalue weighted by Gasteiger charge is 2.23. The molecule has 2 nitrogen and oxygen atoms in total. The van der Waals surface area contributed by atoms with Crippen LogP contribution in [0.2, 0.25) is 0 Å². The molecule has 1 fully saturated rings. The van der Waals surface area contributed by atoms with Crippen LogP contribution in [0.15, 0.2) is 16.8 Å². The second-order valence-corrected chi connectivity index (χ2v) is 5.78. The number of thiophene rings is 1. The van der Waals surface area contributed by atoms with E-state index in [1.54, 1.807) is 11.3 Å². The van der Waals surface area contributed by atoms with E-state index in [2.05, 4.69) is 47.9 Å². The van der Waals surface area contributed by atoms with Crippen molar-refractivity contribution >= 4 is 11.3 Å². The van der Waals surface area contributed by atoms with Gasteiger partial charge in [0.15, 0.2) is 0 Å². The van der Waals surface area contributed by atoms with E-state index in [1.165, 1.54) is 24.9 Å². The quantitative estimate of drug-likeness (QED) is 0.871. The van der Waals surface area contributed by atoms with Crippen LogP contribution >= 0.6 is 11.3 Å². The fourth-order valence-electron chi connectivity index (χ4n) is 2.41. The largest absolute Gasteiger partial charge is 0.307 e. The van der Waals surface area contributed by atoms with Gasteiger partial charge in [-0.3, -0.25) is 0 Å². The number of hydrogen-bond donors (Lipinski definition) is 1. The van der Waals surface area contributed by atoms with E-state index in [1.807, 2.05) is 0 Å². The highest BCUT2D eigenvalue weighted by molar-refractivity contribution is 7.07. The van der Waals surface area contributed by atoms with Crippen LogP contribution in [-0.2, 0) is 0 Å². The van der Waals surface area contributed by atoms with E-state index in [4.69, 9.17) is 0 Å². The van der Waals surface area contributed by atoms with Gasteiger partial charge in [0, 0.05) is 18.1 Å². The molecule has 2 rings (SSSR count).